The molecule has 3 atom stereocenters. The lowest BCUT2D eigenvalue weighted by Crippen LogP contribution is -2.41. The summed E-state index contributed by atoms with van der Waals surface area (Å²) in [7, 11) is 1.52. The quantitative estimate of drug-likeness (QED) is 0.779. The number of methoxy groups -OCH3 is 1. The van der Waals surface area contributed by atoms with Gasteiger partial charge in [0.25, 0.3) is 0 Å². The number of carbonyl (C=O) groups is 2. The zero-order chi connectivity index (χ0) is 20.2. The number of alkyl halides is 3. The third-order valence-corrected chi connectivity index (χ3v) is 5.01. The standard InChI is InChI=1S/C19H24F3NO4/c1-3-13(8-12-4-6-14(7-5-12)19(20,21)22)18(26)23-11-16(27-2)9-15(23)10-17(24)25/h4-7,13,15-16H,3,8-11H2,1-2H3,(H,24,25). The summed E-state index contributed by atoms with van der Waals surface area (Å²) in [5.74, 6) is -1.58. The minimum Gasteiger partial charge on any atom is -0.481 e. The van der Waals surface area contributed by atoms with E-state index in [1.54, 1.807) is 4.90 Å². The lowest BCUT2D eigenvalue weighted by molar-refractivity contribution is -0.141. The van der Waals surface area contributed by atoms with Gasteiger partial charge >= 0.3 is 12.1 Å². The van der Waals surface area contributed by atoms with Crippen molar-refractivity contribution in [2.45, 2.75) is 50.9 Å². The monoisotopic (exact) mass is 387 g/mol. The Labute approximate surface area is 156 Å². The first-order valence-corrected chi connectivity index (χ1v) is 8.86. The van der Waals surface area contributed by atoms with Gasteiger partial charge in [-0.05, 0) is 37.0 Å². The predicted molar refractivity (Wildman–Crippen MR) is 92.1 cm³/mol. The summed E-state index contributed by atoms with van der Waals surface area (Å²) >= 11 is 0. The molecule has 5 nitrogen and oxygen atoms in total. The van der Waals surface area contributed by atoms with Crippen LogP contribution in [0.1, 0.15) is 37.3 Å². The van der Waals surface area contributed by atoms with Gasteiger partial charge in [0, 0.05) is 25.6 Å². The molecule has 0 saturated carbocycles. The summed E-state index contributed by atoms with van der Waals surface area (Å²) in [6.07, 6.45) is -3.47. The fourth-order valence-corrected chi connectivity index (χ4v) is 3.46. The van der Waals surface area contributed by atoms with Crippen molar-refractivity contribution in [3.63, 3.8) is 0 Å². The zero-order valence-electron chi connectivity index (χ0n) is 15.3. The van der Waals surface area contributed by atoms with Crippen molar-refractivity contribution < 1.29 is 32.6 Å². The number of carbonyl (C=O) groups excluding carboxylic acids is 1. The number of aliphatic carboxylic acids is 1. The molecule has 3 unspecified atom stereocenters. The predicted octanol–water partition coefficient (Wildman–Crippen LogP) is 3.36. The molecule has 1 aromatic rings. The molecule has 1 amide bonds. The summed E-state index contributed by atoms with van der Waals surface area (Å²) in [6, 6.07) is 4.36. The van der Waals surface area contributed by atoms with E-state index in [0.717, 1.165) is 12.1 Å². The molecule has 8 heteroatoms. The second kappa shape index (κ2) is 8.73. The van der Waals surface area contributed by atoms with Crippen molar-refractivity contribution in [2.75, 3.05) is 13.7 Å². The number of hydrogen-bond acceptors (Lipinski definition) is 3. The first-order valence-electron chi connectivity index (χ1n) is 8.86. The maximum atomic E-state index is 13.0. The van der Waals surface area contributed by atoms with E-state index in [9.17, 15) is 22.8 Å². The smallest absolute Gasteiger partial charge is 0.416 e. The van der Waals surface area contributed by atoms with Crippen LogP contribution in [0.3, 0.4) is 0 Å². The molecule has 1 heterocycles. The molecule has 1 aromatic carbocycles. The van der Waals surface area contributed by atoms with Crippen molar-refractivity contribution in [3.05, 3.63) is 35.4 Å². The number of likely N-dealkylation sites (tertiary alicyclic amines) is 1. The Balaban J connectivity index is 2.11. The van der Waals surface area contributed by atoms with Gasteiger partial charge in [-0.25, -0.2) is 0 Å². The number of rotatable bonds is 7. The Bertz CT molecular complexity index is 660. The van der Waals surface area contributed by atoms with Gasteiger partial charge < -0.3 is 14.7 Å². The molecule has 150 valence electrons. The topological polar surface area (TPSA) is 66.8 Å². The van der Waals surface area contributed by atoms with Crippen LogP contribution >= 0.6 is 0 Å². The minimum atomic E-state index is -4.40. The molecule has 1 N–H and O–H groups in total. The number of hydrogen-bond donors (Lipinski definition) is 1. The van der Waals surface area contributed by atoms with Crippen LogP contribution in [-0.4, -0.2) is 47.7 Å². The second-order valence-electron chi connectivity index (χ2n) is 6.84. The van der Waals surface area contributed by atoms with Gasteiger partial charge in [0.05, 0.1) is 18.1 Å². The maximum Gasteiger partial charge on any atom is 0.416 e. The van der Waals surface area contributed by atoms with Crippen LogP contribution in [0, 0.1) is 5.92 Å². The van der Waals surface area contributed by atoms with E-state index < -0.39 is 29.7 Å². The Morgan fingerprint density at radius 1 is 1.30 bits per heavy atom. The average Bonchev–Trinajstić information content (AvgIpc) is 3.01. The summed E-state index contributed by atoms with van der Waals surface area (Å²) in [5.41, 5.74) is -0.0879. The van der Waals surface area contributed by atoms with Gasteiger partial charge in [-0.3, -0.25) is 9.59 Å². The van der Waals surface area contributed by atoms with E-state index in [1.807, 2.05) is 6.92 Å². The molecule has 0 aliphatic carbocycles. The number of nitrogens with zero attached hydrogens (tertiary/aromatic N) is 1. The number of carboxylic acids is 1. The van der Waals surface area contributed by atoms with E-state index in [1.165, 1.54) is 19.2 Å². The third-order valence-electron chi connectivity index (χ3n) is 5.01. The largest absolute Gasteiger partial charge is 0.481 e. The third kappa shape index (κ3) is 5.45. The highest BCUT2D eigenvalue weighted by atomic mass is 19.4. The first kappa shape index (κ1) is 21.2. The van der Waals surface area contributed by atoms with E-state index in [0.29, 0.717) is 31.4 Å². The van der Waals surface area contributed by atoms with Crippen molar-refractivity contribution in [1.82, 2.24) is 4.90 Å². The van der Waals surface area contributed by atoms with E-state index in [-0.39, 0.29) is 18.4 Å². The summed E-state index contributed by atoms with van der Waals surface area (Å²) in [5, 5.41) is 9.08. The first-order chi connectivity index (χ1) is 12.7. The van der Waals surface area contributed by atoms with Crippen molar-refractivity contribution >= 4 is 11.9 Å². The molecular formula is C19H24F3NO4. The van der Waals surface area contributed by atoms with Crippen LogP contribution in [0.5, 0.6) is 0 Å². The molecule has 0 bridgehead atoms. The van der Waals surface area contributed by atoms with Crippen molar-refractivity contribution in [1.29, 1.82) is 0 Å². The number of carboxylic acid groups (broad SMARTS) is 1. The molecular weight excluding hydrogens is 363 g/mol. The van der Waals surface area contributed by atoms with Gasteiger partial charge in [0.15, 0.2) is 0 Å². The van der Waals surface area contributed by atoms with Crippen LogP contribution in [0.15, 0.2) is 24.3 Å². The van der Waals surface area contributed by atoms with Gasteiger partial charge in [0.1, 0.15) is 0 Å². The maximum absolute atomic E-state index is 13.0. The molecule has 0 spiro atoms. The molecule has 0 aromatic heterocycles. The second-order valence-corrected chi connectivity index (χ2v) is 6.84. The minimum absolute atomic E-state index is 0.150. The molecule has 1 aliphatic heterocycles. The van der Waals surface area contributed by atoms with E-state index >= 15 is 0 Å². The highest BCUT2D eigenvalue weighted by molar-refractivity contribution is 5.80. The molecule has 1 saturated heterocycles. The Morgan fingerprint density at radius 2 is 1.93 bits per heavy atom. The van der Waals surface area contributed by atoms with E-state index in [2.05, 4.69) is 0 Å². The highest BCUT2D eigenvalue weighted by Gasteiger charge is 2.38. The number of amides is 1. The van der Waals surface area contributed by atoms with Crippen LogP contribution in [0.25, 0.3) is 0 Å². The lowest BCUT2D eigenvalue weighted by Gasteiger charge is -2.27. The fourth-order valence-electron chi connectivity index (χ4n) is 3.46. The SMILES string of the molecule is CCC(Cc1ccc(C(F)(F)F)cc1)C(=O)N1CC(OC)CC1CC(=O)O. The van der Waals surface area contributed by atoms with E-state index in [4.69, 9.17) is 9.84 Å². The average molecular weight is 387 g/mol. The van der Waals surface area contributed by atoms with Gasteiger partial charge in [-0.1, -0.05) is 19.1 Å². The molecule has 2 rings (SSSR count). The summed E-state index contributed by atoms with van der Waals surface area (Å²) in [6.45, 7) is 2.17. The zero-order valence-corrected chi connectivity index (χ0v) is 15.3. The molecule has 1 aliphatic rings. The van der Waals surface area contributed by atoms with Crippen LogP contribution < -0.4 is 0 Å². The number of benzene rings is 1. The van der Waals surface area contributed by atoms with Crippen LogP contribution in [0.2, 0.25) is 0 Å². The van der Waals surface area contributed by atoms with Crippen molar-refractivity contribution in [2.24, 2.45) is 5.92 Å². The van der Waals surface area contributed by atoms with Gasteiger partial charge in [0.2, 0.25) is 5.91 Å². The Kier molecular flexibility index (Phi) is 6.86. The van der Waals surface area contributed by atoms with Crippen LogP contribution in [0.4, 0.5) is 13.2 Å². The highest BCUT2D eigenvalue weighted by Crippen LogP contribution is 2.30. The van der Waals surface area contributed by atoms with Gasteiger partial charge in [-0.15, -0.1) is 0 Å². The number of halogens is 3. The summed E-state index contributed by atoms with van der Waals surface area (Å²) in [4.78, 5) is 25.6. The van der Waals surface area contributed by atoms with Gasteiger partial charge in [-0.2, -0.15) is 13.2 Å². The summed E-state index contributed by atoms with van der Waals surface area (Å²) < 4.78 is 43.3. The Morgan fingerprint density at radius 3 is 2.41 bits per heavy atom. The molecule has 0 radical (unpaired) electrons. The normalized spacial score (nSPS) is 21.3. The Hall–Kier alpha value is -2.09. The fraction of sp³-hybridized carbons (Fsp3) is 0.579. The molecule has 27 heavy (non-hydrogen) atoms. The number of ether oxygens (including phenoxy) is 1. The van der Waals surface area contributed by atoms with Crippen LogP contribution in [-0.2, 0) is 26.9 Å². The lowest BCUT2D eigenvalue weighted by atomic mass is 9.94. The van der Waals surface area contributed by atoms with Crippen molar-refractivity contribution in [3.8, 4) is 0 Å². The molecule has 1 fully saturated rings.